The Balaban J connectivity index is 2.14. The van der Waals surface area contributed by atoms with E-state index in [9.17, 15) is 0 Å². The summed E-state index contributed by atoms with van der Waals surface area (Å²) in [5.41, 5.74) is 2.98. The molecule has 1 aromatic carbocycles. The van der Waals surface area contributed by atoms with E-state index in [1.165, 1.54) is 0 Å². The SMILES string of the molecule is Cc1cc(OCc2c(Br)c(C)nn2C)ccc1Cl. The molecular formula is C13H14BrClN2O. The van der Waals surface area contributed by atoms with Crippen molar-refractivity contribution >= 4 is 27.5 Å². The summed E-state index contributed by atoms with van der Waals surface area (Å²) in [6.07, 6.45) is 0. The molecule has 0 radical (unpaired) electrons. The molecule has 0 saturated heterocycles. The van der Waals surface area contributed by atoms with Gasteiger partial charge in [-0.3, -0.25) is 4.68 Å². The molecule has 0 fully saturated rings. The van der Waals surface area contributed by atoms with Crippen molar-refractivity contribution in [1.82, 2.24) is 9.78 Å². The van der Waals surface area contributed by atoms with Crippen LogP contribution in [0.25, 0.3) is 0 Å². The zero-order chi connectivity index (χ0) is 13.3. The molecule has 2 rings (SSSR count). The number of ether oxygens (including phenoxy) is 1. The van der Waals surface area contributed by atoms with Crippen LogP contribution in [0.1, 0.15) is 17.0 Å². The summed E-state index contributed by atoms with van der Waals surface area (Å²) in [6.45, 7) is 4.39. The van der Waals surface area contributed by atoms with Crippen molar-refractivity contribution in [2.75, 3.05) is 0 Å². The predicted octanol–water partition coefficient (Wildman–Crippen LogP) is 4.03. The van der Waals surface area contributed by atoms with Crippen molar-refractivity contribution < 1.29 is 4.74 Å². The molecule has 0 spiro atoms. The molecule has 0 aliphatic carbocycles. The summed E-state index contributed by atoms with van der Waals surface area (Å²) in [6, 6.07) is 5.64. The Bertz CT molecular complexity index is 581. The monoisotopic (exact) mass is 328 g/mol. The van der Waals surface area contributed by atoms with Gasteiger partial charge in [-0.25, -0.2) is 0 Å². The molecular weight excluding hydrogens is 316 g/mol. The van der Waals surface area contributed by atoms with Crippen molar-refractivity contribution in [3.05, 3.63) is 44.6 Å². The molecule has 96 valence electrons. The predicted molar refractivity (Wildman–Crippen MR) is 76.2 cm³/mol. The molecule has 0 N–H and O–H groups in total. The number of hydrogen-bond donors (Lipinski definition) is 0. The highest BCUT2D eigenvalue weighted by Crippen LogP contribution is 2.24. The third kappa shape index (κ3) is 2.70. The molecule has 0 aliphatic heterocycles. The molecule has 3 nitrogen and oxygen atoms in total. The molecule has 0 bridgehead atoms. The maximum absolute atomic E-state index is 5.97. The topological polar surface area (TPSA) is 27.1 Å². The highest BCUT2D eigenvalue weighted by atomic mass is 79.9. The van der Waals surface area contributed by atoms with Crippen LogP contribution < -0.4 is 4.74 Å². The highest BCUT2D eigenvalue weighted by molar-refractivity contribution is 9.10. The van der Waals surface area contributed by atoms with Crippen molar-refractivity contribution in [1.29, 1.82) is 0 Å². The van der Waals surface area contributed by atoms with Crippen LogP contribution in [0.2, 0.25) is 5.02 Å². The first-order valence-corrected chi connectivity index (χ1v) is 6.73. The highest BCUT2D eigenvalue weighted by Gasteiger charge is 2.11. The van der Waals surface area contributed by atoms with Gasteiger partial charge in [-0.2, -0.15) is 5.10 Å². The van der Waals surface area contributed by atoms with Crippen LogP contribution in [-0.4, -0.2) is 9.78 Å². The Labute approximate surface area is 120 Å². The second-order valence-corrected chi connectivity index (χ2v) is 5.37. The fourth-order valence-electron chi connectivity index (χ4n) is 1.70. The molecule has 0 aliphatic rings. The Hall–Kier alpha value is -1.00. The average molecular weight is 330 g/mol. The lowest BCUT2D eigenvalue weighted by molar-refractivity contribution is 0.294. The van der Waals surface area contributed by atoms with E-state index < -0.39 is 0 Å². The van der Waals surface area contributed by atoms with Gasteiger partial charge >= 0.3 is 0 Å². The van der Waals surface area contributed by atoms with Crippen LogP contribution in [0, 0.1) is 13.8 Å². The lowest BCUT2D eigenvalue weighted by atomic mass is 10.2. The minimum absolute atomic E-state index is 0.471. The minimum atomic E-state index is 0.471. The summed E-state index contributed by atoms with van der Waals surface area (Å²) in [5.74, 6) is 0.808. The molecule has 0 unspecified atom stereocenters. The van der Waals surface area contributed by atoms with Crippen molar-refractivity contribution in [3.63, 3.8) is 0 Å². The number of aromatic nitrogens is 2. The second kappa shape index (κ2) is 5.33. The Morgan fingerprint density at radius 2 is 2.11 bits per heavy atom. The molecule has 2 aromatic rings. The lowest BCUT2D eigenvalue weighted by Crippen LogP contribution is -2.03. The van der Waals surface area contributed by atoms with Crippen LogP contribution in [0.15, 0.2) is 22.7 Å². The van der Waals surface area contributed by atoms with E-state index in [-0.39, 0.29) is 0 Å². The molecule has 0 saturated carbocycles. The molecule has 5 heteroatoms. The molecule has 1 heterocycles. The van der Waals surface area contributed by atoms with Gasteiger partial charge in [0, 0.05) is 12.1 Å². The van der Waals surface area contributed by atoms with E-state index in [0.717, 1.165) is 32.2 Å². The van der Waals surface area contributed by atoms with Gasteiger partial charge in [0.1, 0.15) is 12.4 Å². The first-order chi connectivity index (χ1) is 8.49. The zero-order valence-electron chi connectivity index (χ0n) is 10.5. The third-order valence-electron chi connectivity index (χ3n) is 2.77. The number of aryl methyl sites for hydroxylation is 3. The molecule has 0 amide bonds. The van der Waals surface area contributed by atoms with E-state index in [2.05, 4.69) is 21.0 Å². The van der Waals surface area contributed by atoms with E-state index in [0.29, 0.717) is 6.61 Å². The number of benzene rings is 1. The van der Waals surface area contributed by atoms with Gasteiger partial charge in [-0.05, 0) is 53.5 Å². The smallest absolute Gasteiger partial charge is 0.131 e. The van der Waals surface area contributed by atoms with Crippen LogP contribution in [0.3, 0.4) is 0 Å². The van der Waals surface area contributed by atoms with Gasteiger partial charge in [0.05, 0.1) is 15.9 Å². The number of halogens is 2. The van der Waals surface area contributed by atoms with Crippen LogP contribution in [-0.2, 0) is 13.7 Å². The van der Waals surface area contributed by atoms with Gasteiger partial charge < -0.3 is 4.74 Å². The maximum Gasteiger partial charge on any atom is 0.131 e. The van der Waals surface area contributed by atoms with Crippen molar-refractivity contribution in [2.24, 2.45) is 7.05 Å². The fourth-order valence-corrected chi connectivity index (χ4v) is 2.26. The third-order valence-corrected chi connectivity index (χ3v) is 4.22. The van der Waals surface area contributed by atoms with Gasteiger partial charge in [-0.15, -0.1) is 0 Å². The van der Waals surface area contributed by atoms with Crippen molar-refractivity contribution in [2.45, 2.75) is 20.5 Å². The number of rotatable bonds is 3. The second-order valence-electron chi connectivity index (χ2n) is 4.17. The lowest BCUT2D eigenvalue weighted by Gasteiger charge is -2.08. The van der Waals surface area contributed by atoms with E-state index in [4.69, 9.17) is 16.3 Å². The largest absolute Gasteiger partial charge is 0.487 e. The van der Waals surface area contributed by atoms with Gasteiger partial charge in [0.15, 0.2) is 0 Å². The molecule has 1 aromatic heterocycles. The van der Waals surface area contributed by atoms with E-state index in [1.807, 2.05) is 43.8 Å². The Kier molecular flexibility index (Phi) is 3.97. The van der Waals surface area contributed by atoms with Crippen LogP contribution >= 0.6 is 27.5 Å². The summed E-state index contributed by atoms with van der Waals surface area (Å²) in [4.78, 5) is 0. The quantitative estimate of drug-likeness (QED) is 0.850. The maximum atomic E-state index is 5.97. The van der Waals surface area contributed by atoms with Crippen LogP contribution in [0.5, 0.6) is 5.75 Å². The summed E-state index contributed by atoms with van der Waals surface area (Å²) in [5, 5.41) is 5.07. The van der Waals surface area contributed by atoms with E-state index in [1.54, 1.807) is 0 Å². The Morgan fingerprint density at radius 1 is 1.39 bits per heavy atom. The Morgan fingerprint density at radius 3 is 2.67 bits per heavy atom. The fraction of sp³-hybridized carbons (Fsp3) is 0.308. The van der Waals surface area contributed by atoms with Gasteiger partial charge in [-0.1, -0.05) is 11.6 Å². The minimum Gasteiger partial charge on any atom is -0.487 e. The molecule has 0 atom stereocenters. The first kappa shape index (κ1) is 13.4. The van der Waals surface area contributed by atoms with Crippen molar-refractivity contribution in [3.8, 4) is 5.75 Å². The van der Waals surface area contributed by atoms with E-state index >= 15 is 0 Å². The first-order valence-electron chi connectivity index (χ1n) is 5.56. The summed E-state index contributed by atoms with van der Waals surface area (Å²) in [7, 11) is 1.91. The molecule has 18 heavy (non-hydrogen) atoms. The number of nitrogens with zero attached hydrogens (tertiary/aromatic N) is 2. The summed E-state index contributed by atoms with van der Waals surface area (Å²) >= 11 is 9.49. The zero-order valence-corrected chi connectivity index (χ0v) is 12.8. The normalized spacial score (nSPS) is 10.7. The standard InChI is InChI=1S/C13H14BrClN2O/c1-8-6-10(4-5-11(8)15)18-7-12-13(14)9(2)16-17(12)3/h4-6H,7H2,1-3H3. The van der Waals surface area contributed by atoms with Gasteiger partial charge in [0.2, 0.25) is 0 Å². The van der Waals surface area contributed by atoms with Gasteiger partial charge in [0.25, 0.3) is 0 Å². The number of hydrogen-bond acceptors (Lipinski definition) is 2. The summed E-state index contributed by atoms with van der Waals surface area (Å²) < 4.78 is 8.57. The van der Waals surface area contributed by atoms with Crippen LogP contribution in [0.4, 0.5) is 0 Å². The average Bonchev–Trinajstić information content (AvgIpc) is 2.56.